The molecule has 1 heterocycles. The number of hydrogen-bond donors (Lipinski definition) is 1. The summed E-state index contributed by atoms with van der Waals surface area (Å²) in [7, 11) is 2.16. The number of likely N-dealkylation sites (tertiary alicyclic amines) is 1. The first-order valence-corrected chi connectivity index (χ1v) is 9.00. The van der Waals surface area contributed by atoms with Crippen molar-refractivity contribution in [1.82, 2.24) is 4.90 Å². The fourth-order valence-electron chi connectivity index (χ4n) is 6.54. The van der Waals surface area contributed by atoms with Crippen molar-refractivity contribution in [2.24, 2.45) is 28.6 Å². The zero-order valence-electron chi connectivity index (χ0n) is 14.1. The Morgan fingerprint density at radius 2 is 1.95 bits per heavy atom. The molecule has 22 heavy (non-hydrogen) atoms. The summed E-state index contributed by atoms with van der Waals surface area (Å²) in [6.07, 6.45) is 8.06. The molecule has 0 aromatic rings. The minimum absolute atomic E-state index is 0.110. The Kier molecular flexibility index (Phi) is 3.08. The van der Waals surface area contributed by atoms with Gasteiger partial charge in [-0.1, -0.05) is 13.8 Å². The molecule has 0 radical (unpaired) electrons. The number of rotatable bonds is 0. The molecule has 4 aliphatic rings. The van der Waals surface area contributed by atoms with Gasteiger partial charge in [-0.2, -0.15) is 0 Å². The number of aliphatic hydroxyl groups is 1. The number of carbonyl (C=O) groups excluding carboxylic acids is 1. The Morgan fingerprint density at radius 1 is 1.18 bits per heavy atom. The van der Waals surface area contributed by atoms with Gasteiger partial charge < -0.3 is 10.0 Å². The monoisotopic (exact) mass is 303 g/mol. The molecule has 3 fully saturated rings. The third kappa shape index (κ3) is 1.75. The van der Waals surface area contributed by atoms with Gasteiger partial charge in [0.15, 0.2) is 5.78 Å². The number of ketones is 1. The SMILES string of the molecule is CN1C[C@@H]2[C@H](CC[C@]3(C)C(O)CC[C@@H]23)[C@@]2(C)CCC(=O)C=C12. The van der Waals surface area contributed by atoms with Crippen LogP contribution in [0.3, 0.4) is 0 Å². The van der Waals surface area contributed by atoms with Crippen molar-refractivity contribution < 1.29 is 9.90 Å². The Morgan fingerprint density at radius 3 is 2.73 bits per heavy atom. The van der Waals surface area contributed by atoms with E-state index in [-0.39, 0.29) is 16.9 Å². The highest BCUT2D eigenvalue weighted by Gasteiger charge is 2.59. The van der Waals surface area contributed by atoms with Gasteiger partial charge in [0.1, 0.15) is 0 Å². The van der Waals surface area contributed by atoms with Crippen LogP contribution in [0.15, 0.2) is 11.8 Å². The van der Waals surface area contributed by atoms with E-state index in [0.29, 0.717) is 30.0 Å². The number of fused-ring (bicyclic) bond motifs is 5. The predicted octanol–water partition coefficient (Wildman–Crippen LogP) is 2.99. The third-order valence-electron chi connectivity index (χ3n) is 7.87. The average Bonchev–Trinajstić information content (AvgIpc) is 2.77. The van der Waals surface area contributed by atoms with Crippen molar-refractivity contribution in [2.45, 2.75) is 58.5 Å². The molecule has 1 saturated heterocycles. The molecule has 3 heteroatoms. The Balaban J connectivity index is 1.73. The highest BCUT2D eigenvalue weighted by molar-refractivity contribution is 5.91. The van der Waals surface area contributed by atoms with E-state index in [9.17, 15) is 9.90 Å². The molecule has 122 valence electrons. The lowest BCUT2D eigenvalue weighted by atomic mass is 9.50. The van der Waals surface area contributed by atoms with Crippen LogP contribution in [0.1, 0.15) is 52.4 Å². The second-order valence-corrected chi connectivity index (χ2v) is 8.81. The van der Waals surface area contributed by atoms with Crippen LogP contribution in [0, 0.1) is 28.6 Å². The van der Waals surface area contributed by atoms with Gasteiger partial charge in [0, 0.05) is 37.2 Å². The molecule has 0 aromatic carbocycles. The molecule has 6 atom stereocenters. The molecule has 1 aliphatic heterocycles. The first-order valence-electron chi connectivity index (χ1n) is 9.00. The summed E-state index contributed by atoms with van der Waals surface area (Å²) in [5.74, 6) is 2.32. The van der Waals surface area contributed by atoms with Crippen LogP contribution in [0.4, 0.5) is 0 Å². The molecule has 2 saturated carbocycles. The van der Waals surface area contributed by atoms with E-state index in [2.05, 4.69) is 25.8 Å². The Hall–Kier alpha value is -0.830. The molecule has 0 amide bonds. The summed E-state index contributed by atoms with van der Waals surface area (Å²) >= 11 is 0. The van der Waals surface area contributed by atoms with Crippen molar-refractivity contribution in [1.29, 1.82) is 0 Å². The maximum Gasteiger partial charge on any atom is 0.157 e. The Bertz CT molecular complexity index is 542. The van der Waals surface area contributed by atoms with E-state index in [1.165, 1.54) is 18.5 Å². The van der Waals surface area contributed by atoms with Crippen LogP contribution < -0.4 is 0 Å². The molecular formula is C19H29NO2. The second kappa shape index (κ2) is 4.59. The predicted molar refractivity (Wildman–Crippen MR) is 86.1 cm³/mol. The van der Waals surface area contributed by atoms with Gasteiger partial charge in [0.2, 0.25) is 0 Å². The van der Waals surface area contributed by atoms with Gasteiger partial charge in [-0.15, -0.1) is 0 Å². The quantitative estimate of drug-likeness (QED) is 0.748. The van der Waals surface area contributed by atoms with Crippen molar-refractivity contribution >= 4 is 5.78 Å². The number of piperidine rings is 1. The van der Waals surface area contributed by atoms with E-state index in [0.717, 1.165) is 25.8 Å². The van der Waals surface area contributed by atoms with E-state index < -0.39 is 0 Å². The molecule has 0 spiro atoms. The lowest BCUT2D eigenvalue weighted by Gasteiger charge is -2.60. The summed E-state index contributed by atoms with van der Waals surface area (Å²) in [6.45, 7) is 5.78. The van der Waals surface area contributed by atoms with Gasteiger partial charge in [-0.05, 0) is 55.3 Å². The number of carbonyl (C=O) groups is 1. The Labute approximate surface area is 133 Å². The molecule has 1 N–H and O–H groups in total. The van der Waals surface area contributed by atoms with Crippen molar-refractivity contribution in [2.75, 3.05) is 13.6 Å². The number of allylic oxidation sites excluding steroid dienone is 2. The lowest BCUT2D eigenvalue weighted by Crippen LogP contribution is -2.57. The number of nitrogens with zero attached hydrogens (tertiary/aromatic N) is 1. The van der Waals surface area contributed by atoms with Crippen molar-refractivity contribution in [3.63, 3.8) is 0 Å². The van der Waals surface area contributed by atoms with Crippen LogP contribution in [0.2, 0.25) is 0 Å². The summed E-state index contributed by atoms with van der Waals surface area (Å²) in [5, 5.41) is 10.5. The van der Waals surface area contributed by atoms with Gasteiger partial charge in [0.25, 0.3) is 0 Å². The summed E-state index contributed by atoms with van der Waals surface area (Å²) < 4.78 is 0. The standard InChI is InChI=1S/C19H29NO2/c1-18-8-6-12(21)10-16(18)20(3)11-13-14-4-5-17(22)19(14,2)9-7-15(13)18/h10,13-15,17,22H,4-9,11H2,1-3H3/t13-,14-,15-,17?,18+,19-/m0/s1. The zero-order chi connectivity index (χ0) is 15.7. The van der Waals surface area contributed by atoms with Crippen LogP contribution in [-0.4, -0.2) is 35.5 Å². The topological polar surface area (TPSA) is 40.5 Å². The molecule has 3 nitrogen and oxygen atoms in total. The zero-order valence-corrected chi connectivity index (χ0v) is 14.1. The normalized spacial score (nSPS) is 51.0. The highest BCUT2D eigenvalue weighted by Crippen LogP contribution is 2.63. The second-order valence-electron chi connectivity index (χ2n) is 8.81. The average molecular weight is 303 g/mol. The number of hydrogen-bond acceptors (Lipinski definition) is 3. The maximum atomic E-state index is 11.9. The van der Waals surface area contributed by atoms with Gasteiger partial charge in [-0.25, -0.2) is 0 Å². The fraction of sp³-hybridized carbons (Fsp3) is 0.842. The van der Waals surface area contributed by atoms with E-state index in [1.54, 1.807) is 0 Å². The first kappa shape index (κ1) is 14.7. The van der Waals surface area contributed by atoms with Crippen molar-refractivity contribution in [3.8, 4) is 0 Å². The summed E-state index contributed by atoms with van der Waals surface area (Å²) in [4.78, 5) is 14.3. The van der Waals surface area contributed by atoms with E-state index in [1.807, 2.05) is 6.08 Å². The largest absolute Gasteiger partial charge is 0.393 e. The minimum Gasteiger partial charge on any atom is -0.393 e. The van der Waals surface area contributed by atoms with Crippen LogP contribution in [0.25, 0.3) is 0 Å². The fourth-order valence-corrected chi connectivity index (χ4v) is 6.54. The molecule has 1 unspecified atom stereocenters. The summed E-state index contributed by atoms with van der Waals surface area (Å²) in [6, 6.07) is 0. The highest BCUT2D eigenvalue weighted by atomic mass is 16.3. The first-order chi connectivity index (χ1) is 10.4. The smallest absolute Gasteiger partial charge is 0.157 e. The molecule has 0 bridgehead atoms. The minimum atomic E-state index is -0.110. The maximum absolute atomic E-state index is 11.9. The van der Waals surface area contributed by atoms with E-state index >= 15 is 0 Å². The van der Waals surface area contributed by atoms with E-state index in [4.69, 9.17) is 0 Å². The molecule has 3 aliphatic carbocycles. The van der Waals surface area contributed by atoms with Gasteiger partial charge in [-0.3, -0.25) is 4.79 Å². The van der Waals surface area contributed by atoms with Gasteiger partial charge >= 0.3 is 0 Å². The molecular weight excluding hydrogens is 274 g/mol. The third-order valence-corrected chi connectivity index (χ3v) is 7.87. The van der Waals surface area contributed by atoms with Crippen molar-refractivity contribution in [3.05, 3.63) is 11.8 Å². The van der Waals surface area contributed by atoms with Crippen LogP contribution in [-0.2, 0) is 4.79 Å². The number of aliphatic hydroxyl groups excluding tert-OH is 1. The molecule has 4 rings (SSSR count). The molecule has 0 aromatic heterocycles. The van der Waals surface area contributed by atoms with Crippen LogP contribution >= 0.6 is 0 Å². The summed E-state index contributed by atoms with van der Waals surface area (Å²) in [5.41, 5.74) is 1.58. The van der Waals surface area contributed by atoms with Crippen LogP contribution in [0.5, 0.6) is 0 Å². The lowest BCUT2D eigenvalue weighted by molar-refractivity contribution is -0.120. The van der Waals surface area contributed by atoms with Gasteiger partial charge in [0.05, 0.1) is 6.10 Å².